The summed E-state index contributed by atoms with van der Waals surface area (Å²) in [5.41, 5.74) is -0.721. The minimum atomic E-state index is -0.372. The van der Waals surface area contributed by atoms with E-state index in [1.807, 2.05) is 30.3 Å². The fourth-order valence-electron chi connectivity index (χ4n) is 3.04. The molecule has 0 spiro atoms. The van der Waals surface area contributed by atoms with Gasteiger partial charge in [-0.05, 0) is 18.6 Å². The van der Waals surface area contributed by atoms with Crippen molar-refractivity contribution >= 4 is 5.82 Å². The molecule has 0 amide bonds. The molecule has 1 aromatic heterocycles. The predicted molar refractivity (Wildman–Crippen MR) is 97.5 cm³/mol. The first kappa shape index (κ1) is 17.3. The van der Waals surface area contributed by atoms with Gasteiger partial charge in [0.2, 0.25) is 0 Å². The van der Waals surface area contributed by atoms with Crippen molar-refractivity contribution in [1.29, 1.82) is 0 Å². The number of piperazine rings is 1. The third-order valence-electron chi connectivity index (χ3n) is 4.47. The Labute approximate surface area is 146 Å². The van der Waals surface area contributed by atoms with Crippen LogP contribution in [-0.2, 0) is 7.05 Å². The third-order valence-corrected chi connectivity index (χ3v) is 4.47. The highest BCUT2D eigenvalue weighted by molar-refractivity contribution is 5.38. The number of ether oxygens (including phenoxy) is 1. The molecule has 0 saturated carbocycles. The fourth-order valence-corrected chi connectivity index (χ4v) is 3.04. The van der Waals surface area contributed by atoms with Crippen LogP contribution in [0.3, 0.4) is 0 Å². The largest absolute Gasteiger partial charge is 0.494 e. The number of rotatable bonds is 6. The average Bonchev–Trinajstić information content (AvgIpc) is 2.63. The maximum Gasteiger partial charge on any atom is 0.329 e. The lowest BCUT2D eigenvalue weighted by Crippen LogP contribution is -2.48. The third kappa shape index (κ3) is 4.51. The minimum Gasteiger partial charge on any atom is -0.494 e. The van der Waals surface area contributed by atoms with E-state index >= 15 is 0 Å². The smallest absolute Gasteiger partial charge is 0.329 e. The molecule has 0 bridgehead atoms. The lowest BCUT2D eigenvalue weighted by molar-refractivity contribution is 0.224. The van der Waals surface area contributed by atoms with Gasteiger partial charge in [-0.25, -0.2) is 4.79 Å². The van der Waals surface area contributed by atoms with Crippen molar-refractivity contribution in [3.8, 4) is 5.75 Å². The first-order valence-electron chi connectivity index (χ1n) is 8.59. The average molecular weight is 344 g/mol. The first-order valence-corrected chi connectivity index (χ1v) is 8.59. The van der Waals surface area contributed by atoms with Gasteiger partial charge in [-0.15, -0.1) is 0 Å². The van der Waals surface area contributed by atoms with E-state index in [-0.39, 0.29) is 11.2 Å². The Bertz CT molecular complexity index is 792. The van der Waals surface area contributed by atoms with Crippen LogP contribution >= 0.6 is 0 Å². The van der Waals surface area contributed by atoms with E-state index in [0.717, 1.165) is 44.9 Å². The molecule has 1 saturated heterocycles. The molecule has 0 atom stereocenters. The normalized spacial score (nSPS) is 15.3. The molecule has 1 fully saturated rings. The summed E-state index contributed by atoms with van der Waals surface area (Å²) in [4.78, 5) is 30.0. The van der Waals surface area contributed by atoms with Crippen LogP contribution in [-0.4, -0.2) is 53.8 Å². The van der Waals surface area contributed by atoms with Gasteiger partial charge in [-0.1, -0.05) is 18.2 Å². The molecule has 134 valence electrons. The molecule has 1 N–H and O–H groups in total. The summed E-state index contributed by atoms with van der Waals surface area (Å²) in [7, 11) is 1.68. The van der Waals surface area contributed by atoms with Crippen LogP contribution in [0.15, 0.2) is 46.0 Å². The van der Waals surface area contributed by atoms with E-state index in [9.17, 15) is 9.59 Å². The summed E-state index contributed by atoms with van der Waals surface area (Å²) in [6.45, 7) is 5.10. The highest BCUT2D eigenvalue weighted by Gasteiger charge is 2.19. The summed E-state index contributed by atoms with van der Waals surface area (Å²) in [5.74, 6) is 1.59. The van der Waals surface area contributed by atoms with Crippen molar-refractivity contribution in [3.05, 3.63) is 57.2 Å². The summed E-state index contributed by atoms with van der Waals surface area (Å²) >= 11 is 0. The Kier molecular flexibility index (Phi) is 5.55. The fraction of sp³-hybridized carbons (Fsp3) is 0.444. The summed E-state index contributed by atoms with van der Waals surface area (Å²) in [5, 5.41) is 0. The van der Waals surface area contributed by atoms with Gasteiger partial charge in [-0.2, -0.15) is 0 Å². The molecule has 2 aromatic rings. The van der Waals surface area contributed by atoms with Gasteiger partial charge in [0.15, 0.2) is 0 Å². The number of benzene rings is 1. The van der Waals surface area contributed by atoms with Gasteiger partial charge in [0, 0.05) is 45.8 Å². The second kappa shape index (κ2) is 8.02. The Balaban J connectivity index is 1.45. The number of aromatic amines is 1. The summed E-state index contributed by atoms with van der Waals surface area (Å²) in [6.07, 6.45) is 0.971. The number of nitrogens with zero attached hydrogens (tertiary/aromatic N) is 3. The van der Waals surface area contributed by atoms with E-state index in [2.05, 4.69) is 14.8 Å². The Morgan fingerprint density at radius 2 is 1.80 bits per heavy atom. The zero-order valence-corrected chi connectivity index (χ0v) is 14.5. The number of aromatic nitrogens is 2. The summed E-state index contributed by atoms with van der Waals surface area (Å²) < 4.78 is 7.21. The monoisotopic (exact) mass is 344 g/mol. The van der Waals surface area contributed by atoms with Crippen molar-refractivity contribution in [1.82, 2.24) is 14.5 Å². The van der Waals surface area contributed by atoms with E-state index < -0.39 is 0 Å². The van der Waals surface area contributed by atoms with Crippen LogP contribution in [0.5, 0.6) is 5.75 Å². The molecule has 1 aliphatic heterocycles. The van der Waals surface area contributed by atoms with Crippen LogP contribution in [0.2, 0.25) is 0 Å². The molecule has 3 rings (SSSR count). The Morgan fingerprint density at radius 3 is 2.52 bits per heavy atom. The van der Waals surface area contributed by atoms with E-state index in [1.165, 1.54) is 10.6 Å². The van der Waals surface area contributed by atoms with Crippen molar-refractivity contribution in [2.24, 2.45) is 7.05 Å². The maximum atomic E-state index is 11.7. The number of hydrogen-bond acceptors (Lipinski definition) is 5. The number of H-pyrrole nitrogens is 1. The Morgan fingerprint density at radius 1 is 1.08 bits per heavy atom. The van der Waals surface area contributed by atoms with Crippen molar-refractivity contribution in [3.63, 3.8) is 0 Å². The van der Waals surface area contributed by atoms with Crippen LogP contribution in [0.1, 0.15) is 6.42 Å². The maximum absolute atomic E-state index is 11.7. The SMILES string of the molecule is Cn1c(N2CCN(CCCOc3ccccc3)CC2)cc(=O)[nH]c1=O. The zero-order chi connectivity index (χ0) is 17.6. The lowest BCUT2D eigenvalue weighted by atomic mass is 10.3. The van der Waals surface area contributed by atoms with Crippen molar-refractivity contribution in [2.45, 2.75) is 6.42 Å². The van der Waals surface area contributed by atoms with Crippen LogP contribution in [0.4, 0.5) is 5.82 Å². The topological polar surface area (TPSA) is 70.6 Å². The van der Waals surface area contributed by atoms with Gasteiger partial charge >= 0.3 is 5.69 Å². The van der Waals surface area contributed by atoms with Crippen LogP contribution in [0, 0.1) is 0 Å². The molecular weight excluding hydrogens is 320 g/mol. The van der Waals surface area contributed by atoms with Crippen molar-refractivity contribution in [2.75, 3.05) is 44.2 Å². The Hall–Kier alpha value is -2.54. The van der Waals surface area contributed by atoms with Gasteiger partial charge in [-0.3, -0.25) is 19.2 Å². The van der Waals surface area contributed by atoms with E-state index in [4.69, 9.17) is 4.74 Å². The molecule has 2 heterocycles. The molecule has 1 aromatic carbocycles. The molecule has 0 unspecified atom stereocenters. The van der Waals surface area contributed by atoms with Gasteiger partial charge in [0.25, 0.3) is 5.56 Å². The number of nitrogens with one attached hydrogen (secondary N) is 1. The van der Waals surface area contributed by atoms with Gasteiger partial charge < -0.3 is 9.64 Å². The molecule has 7 nitrogen and oxygen atoms in total. The second-order valence-corrected chi connectivity index (χ2v) is 6.20. The van der Waals surface area contributed by atoms with Crippen LogP contribution < -0.4 is 20.9 Å². The minimum absolute atomic E-state index is 0.349. The second-order valence-electron chi connectivity index (χ2n) is 6.20. The molecule has 7 heteroatoms. The molecule has 0 aliphatic carbocycles. The number of hydrogen-bond donors (Lipinski definition) is 1. The van der Waals surface area contributed by atoms with Crippen molar-refractivity contribution < 1.29 is 4.74 Å². The molecule has 1 aliphatic rings. The van der Waals surface area contributed by atoms with Gasteiger partial charge in [0.05, 0.1) is 6.61 Å². The standard InChI is InChI=1S/C18H24N4O3/c1-20-17(14-16(23)19-18(20)24)22-11-9-21(10-12-22)8-5-13-25-15-6-3-2-4-7-15/h2-4,6-7,14H,5,8-13H2,1H3,(H,19,23,24). The number of para-hydroxylation sites is 1. The van der Waals surface area contributed by atoms with Crippen LogP contribution in [0.25, 0.3) is 0 Å². The van der Waals surface area contributed by atoms with E-state index in [1.54, 1.807) is 7.05 Å². The molecule has 0 radical (unpaired) electrons. The zero-order valence-electron chi connectivity index (χ0n) is 14.5. The highest BCUT2D eigenvalue weighted by atomic mass is 16.5. The summed E-state index contributed by atoms with van der Waals surface area (Å²) in [6, 6.07) is 11.3. The van der Waals surface area contributed by atoms with Gasteiger partial charge in [0.1, 0.15) is 11.6 Å². The first-order chi connectivity index (χ1) is 12.1. The lowest BCUT2D eigenvalue weighted by Gasteiger charge is -2.36. The molecule has 25 heavy (non-hydrogen) atoms. The molecular formula is C18H24N4O3. The van der Waals surface area contributed by atoms with E-state index in [0.29, 0.717) is 12.4 Å². The predicted octanol–water partition coefficient (Wildman–Crippen LogP) is 0.665. The highest BCUT2D eigenvalue weighted by Crippen LogP contribution is 2.13. The number of anilines is 1. The quantitative estimate of drug-likeness (QED) is 0.780.